The predicted molar refractivity (Wildman–Crippen MR) is 62.2 cm³/mol. The highest BCUT2D eigenvalue weighted by atomic mass is 127. The molecule has 1 aromatic carbocycles. The van der Waals surface area contributed by atoms with Crippen molar-refractivity contribution < 1.29 is 8.42 Å². The molecule has 0 radical (unpaired) electrons. The summed E-state index contributed by atoms with van der Waals surface area (Å²) in [7, 11) is -3.09. The van der Waals surface area contributed by atoms with Crippen LogP contribution >= 0.6 is 34.2 Å². The van der Waals surface area contributed by atoms with E-state index >= 15 is 0 Å². The molecule has 0 amide bonds. The fourth-order valence-electron chi connectivity index (χ4n) is 0.861. The Morgan fingerprint density at radius 2 is 1.77 bits per heavy atom. The summed E-state index contributed by atoms with van der Waals surface area (Å²) in [6, 6.07) is 6.58. The Labute approximate surface area is 96.4 Å². The van der Waals surface area contributed by atoms with Gasteiger partial charge in [-0.25, -0.2) is 8.42 Å². The maximum Gasteiger partial charge on any atom is 0.175 e. The van der Waals surface area contributed by atoms with Crippen LogP contribution in [-0.4, -0.2) is 14.7 Å². The van der Waals surface area contributed by atoms with Gasteiger partial charge in [0.2, 0.25) is 0 Å². The lowest BCUT2D eigenvalue weighted by Gasteiger charge is -2.02. The van der Waals surface area contributed by atoms with Gasteiger partial charge in [-0.05, 0) is 17.7 Å². The zero-order valence-corrected chi connectivity index (χ0v) is 10.6. The second-order valence-electron chi connectivity index (χ2n) is 2.64. The molecule has 0 saturated heterocycles. The minimum atomic E-state index is -3.09. The van der Waals surface area contributed by atoms with E-state index in [1.54, 1.807) is 24.3 Å². The number of halogens is 2. The molecule has 0 fully saturated rings. The van der Waals surface area contributed by atoms with E-state index in [4.69, 9.17) is 11.6 Å². The number of hydrogen-bond donors (Lipinski definition) is 0. The van der Waals surface area contributed by atoms with Gasteiger partial charge >= 0.3 is 0 Å². The zero-order chi connectivity index (χ0) is 10.1. The van der Waals surface area contributed by atoms with Crippen LogP contribution in [0.15, 0.2) is 29.2 Å². The molecular formula is C8H8ClIO2S. The van der Waals surface area contributed by atoms with E-state index in [1.807, 2.05) is 0 Å². The van der Waals surface area contributed by atoms with E-state index < -0.39 is 9.84 Å². The molecule has 72 valence electrons. The van der Waals surface area contributed by atoms with Crippen LogP contribution in [0.2, 0.25) is 0 Å². The first-order valence-electron chi connectivity index (χ1n) is 3.49. The molecule has 1 atom stereocenters. The van der Waals surface area contributed by atoms with Crippen LogP contribution in [0.5, 0.6) is 0 Å². The standard InChI is InChI=1S/C8H8ClIO2S/c1-13(11,12)7-4-2-6(3-5-7)8(9)10/h2-5,8H,1H3. The van der Waals surface area contributed by atoms with Crippen LogP contribution in [0, 0.1) is 0 Å². The quantitative estimate of drug-likeness (QED) is 0.617. The zero-order valence-electron chi connectivity index (χ0n) is 6.87. The van der Waals surface area contributed by atoms with E-state index in [0.717, 1.165) is 5.56 Å². The van der Waals surface area contributed by atoms with Crippen molar-refractivity contribution in [1.29, 1.82) is 0 Å². The summed E-state index contributed by atoms with van der Waals surface area (Å²) < 4.78 is 22.0. The van der Waals surface area contributed by atoms with Crippen LogP contribution in [0.25, 0.3) is 0 Å². The van der Waals surface area contributed by atoms with E-state index in [2.05, 4.69) is 22.6 Å². The molecular weight excluding hydrogens is 323 g/mol. The maximum atomic E-state index is 11.1. The summed E-state index contributed by atoms with van der Waals surface area (Å²) in [6.45, 7) is 0. The van der Waals surface area contributed by atoms with Crippen LogP contribution in [0.4, 0.5) is 0 Å². The SMILES string of the molecule is CS(=O)(=O)c1ccc(C(Cl)I)cc1. The van der Waals surface area contributed by atoms with Gasteiger partial charge < -0.3 is 0 Å². The van der Waals surface area contributed by atoms with Crippen molar-refractivity contribution in [3.8, 4) is 0 Å². The van der Waals surface area contributed by atoms with Crippen molar-refractivity contribution in [2.45, 2.75) is 8.28 Å². The topological polar surface area (TPSA) is 34.1 Å². The van der Waals surface area contributed by atoms with Crippen LogP contribution in [0.3, 0.4) is 0 Å². The van der Waals surface area contributed by atoms with Gasteiger partial charge in [-0.3, -0.25) is 0 Å². The Hall–Kier alpha value is 0.190. The molecule has 0 aromatic heterocycles. The molecule has 13 heavy (non-hydrogen) atoms. The van der Waals surface area contributed by atoms with Crippen molar-refractivity contribution >= 4 is 44.0 Å². The Morgan fingerprint density at radius 3 is 2.08 bits per heavy atom. The van der Waals surface area contributed by atoms with Crippen LogP contribution < -0.4 is 0 Å². The monoisotopic (exact) mass is 330 g/mol. The molecule has 2 nitrogen and oxygen atoms in total. The number of hydrogen-bond acceptors (Lipinski definition) is 2. The largest absolute Gasteiger partial charge is 0.224 e. The van der Waals surface area contributed by atoms with Gasteiger partial charge in [-0.1, -0.05) is 34.7 Å². The van der Waals surface area contributed by atoms with Crippen LogP contribution in [0.1, 0.15) is 8.95 Å². The van der Waals surface area contributed by atoms with Gasteiger partial charge in [-0.15, -0.1) is 11.6 Å². The minimum Gasteiger partial charge on any atom is -0.224 e. The Kier molecular flexibility index (Phi) is 3.59. The summed E-state index contributed by atoms with van der Waals surface area (Å²) in [5.41, 5.74) is 0.912. The predicted octanol–water partition coefficient (Wildman–Crippen LogP) is 2.76. The molecule has 0 aliphatic rings. The second-order valence-corrected chi connectivity index (χ2v) is 7.08. The summed E-state index contributed by atoms with van der Waals surface area (Å²) in [5, 5.41) is 0. The van der Waals surface area contributed by atoms with E-state index in [-0.39, 0.29) is 3.38 Å². The van der Waals surface area contributed by atoms with Gasteiger partial charge in [0, 0.05) is 6.26 Å². The molecule has 0 aliphatic carbocycles. The first-order chi connectivity index (χ1) is 5.91. The first kappa shape index (κ1) is 11.3. The first-order valence-corrected chi connectivity index (χ1v) is 7.07. The van der Waals surface area contributed by atoms with Gasteiger partial charge in [0.15, 0.2) is 9.84 Å². The van der Waals surface area contributed by atoms with E-state index in [0.29, 0.717) is 4.90 Å². The second kappa shape index (κ2) is 4.14. The Balaban J connectivity index is 3.08. The molecule has 0 N–H and O–H groups in total. The molecule has 0 saturated carbocycles. The fourth-order valence-corrected chi connectivity index (χ4v) is 2.05. The molecule has 1 rings (SSSR count). The highest BCUT2D eigenvalue weighted by Gasteiger charge is 2.07. The number of sulfone groups is 1. The maximum absolute atomic E-state index is 11.1. The molecule has 1 unspecified atom stereocenters. The lowest BCUT2D eigenvalue weighted by atomic mass is 10.2. The highest BCUT2D eigenvalue weighted by molar-refractivity contribution is 14.1. The Bertz CT molecular complexity index is 383. The van der Waals surface area contributed by atoms with Crippen molar-refractivity contribution in [3.63, 3.8) is 0 Å². The lowest BCUT2D eigenvalue weighted by Crippen LogP contribution is -1.96. The average Bonchev–Trinajstić information content (AvgIpc) is 2.03. The smallest absolute Gasteiger partial charge is 0.175 e. The molecule has 0 bridgehead atoms. The van der Waals surface area contributed by atoms with Crippen LogP contribution in [-0.2, 0) is 9.84 Å². The normalized spacial score (nSPS) is 14.1. The number of rotatable bonds is 2. The average molecular weight is 331 g/mol. The highest BCUT2D eigenvalue weighted by Crippen LogP contribution is 2.27. The lowest BCUT2D eigenvalue weighted by molar-refractivity contribution is 0.602. The number of benzene rings is 1. The third-order valence-corrected chi connectivity index (χ3v) is 3.66. The van der Waals surface area contributed by atoms with Crippen molar-refractivity contribution in [2.24, 2.45) is 0 Å². The van der Waals surface area contributed by atoms with Gasteiger partial charge in [-0.2, -0.15) is 0 Å². The summed E-state index contributed by atoms with van der Waals surface area (Å²) in [6.07, 6.45) is 1.18. The third kappa shape index (κ3) is 3.11. The van der Waals surface area contributed by atoms with Crippen molar-refractivity contribution in [1.82, 2.24) is 0 Å². The third-order valence-electron chi connectivity index (χ3n) is 1.56. The number of alkyl halides is 2. The summed E-state index contributed by atoms with van der Waals surface area (Å²) in [5.74, 6) is 0. The van der Waals surface area contributed by atoms with Crippen molar-refractivity contribution in [3.05, 3.63) is 29.8 Å². The molecule has 1 aromatic rings. The van der Waals surface area contributed by atoms with Gasteiger partial charge in [0.05, 0.1) is 4.90 Å². The minimum absolute atomic E-state index is 0.119. The van der Waals surface area contributed by atoms with E-state index in [9.17, 15) is 8.42 Å². The molecule has 0 aliphatic heterocycles. The molecule has 0 heterocycles. The molecule has 5 heteroatoms. The fraction of sp³-hybridized carbons (Fsp3) is 0.250. The Morgan fingerprint density at radius 1 is 1.31 bits per heavy atom. The van der Waals surface area contributed by atoms with Crippen molar-refractivity contribution in [2.75, 3.05) is 6.26 Å². The summed E-state index contributed by atoms with van der Waals surface area (Å²) in [4.78, 5) is 0.324. The van der Waals surface area contributed by atoms with E-state index in [1.165, 1.54) is 6.26 Å². The molecule has 0 spiro atoms. The summed E-state index contributed by atoms with van der Waals surface area (Å²) >= 11 is 7.86. The van der Waals surface area contributed by atoms with Gasteiger partial charge in [0.1, 0.15) is 3.38 Å². The van der Waals surface area contributed by atoms with Gasteiger partial charge in [0.25, 0.3) is 0 Å².